The first-order valence-corrected chi connectivity index (χ1v) is 7.30. The second-order valence-electron chi connectivity index (χ2n) is 4.82. The van der Waals surface area contributed by atoms with E-state index in [1.165, 1.54) is 10.4 Å². The van der Waals surface area contributed by atoms with Crippen molar-refractivity contribution in [3.63, 3.8) is 0 Å². The van der Waals surface area contributed by atoms with Crippen LogP contribution in [-0.2, 0) is 24.3 Å². The molecule has 0 spiro atoms. The predicted octanol–water partition coefficient (Wildman–Crippen LogP) is 1.51. The van der Waals surface area contributed by atoms with Gasteiger partial charge < -0.3 is 14.6 Å². The summed E-state index contributed by atoms with van der Waals surface area (Å²) in [6.45, 7) is 4.82. The van der Waals surface area contributed by atoms with E-state index in [1.54, 1.807) is 11.3 Å². The highest BCUT2D eigenvalue weighted by Gasteiger charge is 2.21. The first kappa shape index (κ1) is 12.8. The molecule has 19 heavy (non-hydrogen) atoms. The maximum Gasteiger partial charge on any atom is 0.260 e. The normalized spacial score (nSPS) is 15.9. The number of likely N-dealkylation sites (N-methyl/N-ethyl adjacent to an activating group) is 1. The number of rotatable bonds is 3. The van der Waals surface area contributed by atoms with Gasteiger partial charge in [-0.05, 0) is 26.0 Å². The van der Waals surface area contributed by atoms with Crippen LogP contribution >= 0.6 is 11.3 Å². The highest BCUT2D eigenvalue weighted by Crippen LogP contribution is 2.31. The van der Waals surface area contributed by atoms with Crippen molar-refractivity contribution < 1.29 is 4.74 Å². The van der Waals surface area contributed by atoms with Crippen LogP contribution < -0.4 is 5.56 Å². The molecule has 0 fully saturated rings. The molecule has 6 heteroatoms. The minimum absolute atomic E-state index is 0.0262. The summed E-state index contributed by atoms with van der Waals surface area (Å²) in [6, 6.07) is 0. The third kappa shape index (κ3) is 2.31. The maximum absolute atomic E-state index is 12.2. The lowest BCUT2D eigenvalue weighted by Crippen LogP contribution is -2.26. The molecule has 3 heterocycles. The van der Waals surface area contributed by atoms with E-state index in [0.29, 0.717) is 19.0 Å². The van der Waals surface area contributed by atoms with Gasteiger partial charge in [-0.15, -0.1) is 11.3 Å². The molecule has 0 atom stereocenters. The van der Waals surface area contributed by atoms with Gasteiger partial charge in [-0.1, -0.05) is 0 Å². The van der Waals surface area contributed by atoms with Crippen molar-refractivity contribution in [2.45, 2.75) is 26.5 Å². The van der Waals surface area contributed by atoms with E-state index < -0.39 is 0 Å². The number of hydrogen-bond acceptors (Lipinski definition) is 5. The van der Waals surface area contributed by atoms with E-state index >= 15 is 0 Å². The Labute approximate surface area is 115 Å². The molecule has 0 saturated carbocycles. The van der Waals surface area contributed by atoms with E-state index in [2.05, 4.69) is 21.9 Å². The molecule has 3 rings (SSSR count). The summed E-state index contributed by atoms with van der Waals surface area (Å²) in [7, 11) is 2.10. The number of aromatic amines is 1. The van der Waals surface area contributed by atoms with Crippen LogP contribution in [0.1, 0.15) is 23.2 Å². The Balaban J connectivity index is 2.09. The van der Waals surface area contributed by atoms with Crippen molar-refractivity contribution >= 4 is 21.6 Å². The zero-order chi connectivity index (χ0) is 13.4. The summed E-state index contributed by atoms with van der Waals surface area (Å²) < 4.78 is 5.31. The lowest BCUT2D eigenvalue weighted by atomic mass is 10.1. The van der Waals surface area contributed by atoms with E-state index in [0.717, 1.165) is 29.7 Å². The van der Waals surface area contributed by atoms with Crippen molar-refractivity contribution in [1.29, 1.82) is 0 Å². The fourth-order valence-electron chi connectivity index (χ4n) is 2.44. The van der Waals surface area contributed by atoms with E-state index in [-0.39, 0.29) is 5.56 Å². The molecule has 2 aromatic rings. The van der Waals surface area contributed by atoms with Crippen LogP contribution in [0.25, 0.3) is 10.2 Å². The van der Waals surface area contributed by atoms with Gasteiger partial charge in [0.05, 0.1) is 5.39 Å². The summed E-state index contributed by atoms with van der Waals surface area (Å²) in [5.41, 5.74) is 1.16. The molecule has 5 nitrogen and oxygen atoms in total. The molecule has 0 radical (unpaired) electrons. The van der Waals surface area contributed by atoms with Gasteiger partial charge in [-0.25, -0.2) is 4.98 Å². The SMILES string of the molecule is CCOCc1nc2sc3c(c2c(=O)[nH]1)CCN(C)C3. The zero-order valence-corrected chi connectivity index (χ0v) is 12.0. The summed E-state index contributed by atoms with van der Waals surface area (Å²) >= 11 is 1.64. The number of hydrogen-bond donors (Lipinski definition) is 1. The number of thiophene rings is 1. The van der Waals surface area contributed by atoms with Gasteiger partial charge in [0, 0.05) is 24.6 Å². The molecule has 102 valence electrons. The number of nitrogens with zero attached hydrogens (tertiary/aromatic N) is 2. The molecule has 0 bridgehead atoms. The topological polar surface area (TPSA) is 58.2 Å². The van der Waals surface area contributed by atoms with Gasteiger partial charge in [0.2, 0.25) is 0 Å². The Morgan fingerprint density at radius 2 is 2.37 bits per heavy atom. The Morgan fingerprint density at radius 3 is 3.16 bits per heavy atom. The number of aromatic nitrogens is 2. The van der Waals surface area contributed by atoms with Gasteiger partial charge in [0.25, 0.3) is 5.56 Å². The van der Waals surface area contributed by atoms with Crippen LogP contribution in [-0.4, -0.2) is 35.1 Å². The van der Waals surface area contributed by atoms with Crippen LogP contribution in [0.4, 0.5) is 0 Å². The quantitative estimate of drug-likeness (QED) is 0.925. The van der Waals surface area contributed by atoms with Crippen molar-refractivity contribution in [1.82, 2.24) is 14.9 Å². The largest absolute Gasteiger partial charge is 0.374 e. The lowest BCUT2D eigenvalue weighted by molar-refractivity contribution is 0.128. The Morgan fingerprint density at radius 1 is 1.53 bits per heavy atom. The third-order valence-corrected chi connectivity index (χ3v) is 4.50. The first-order chi connectivity index (χ1) is 9.19. The molecule has 1 aliphatic heterocycles. The van der Waals surface area contributed by atoms with Crippen LogP contribution in [0.2, 0.25) is 0 Å². The minimum Gasteiger partial charge on any atom is -0.374 e. The Bertz CT molecular complexity index is 662. The van der Waals surface area contributed by atoms with Gasteiger partial charge in [-0.3, -0.25) is 4.79 Å². The van der Waals surface area contributed by atoms with Crippen molar-refractivity contribution in [2.24, 2.45) is 0 Å². The molecule has 0 aliphatic carbocycles. The van der Waals surface area contributed by atoms with Crippen molar-refractivity contribution in [2.75, 3.05) is 20.2 Å². The second kappa shape index (κ2) is 5.03. The first-order valence-electron chi connectivity index (χ1n) is 6.48. The monoisotopic (exact) mass is 279 g/mol. The third-order valence-electron chi connectivity index (χ3n) is 3.39. The summed E-state index contributed by atoms with van der Waals surface area (Å²) in [6.07, 6.45) is 0.932. The number of H-pyrrole nitrogens is 1. The van der Waals surface area contributed by atoms with Crippen LogP contribution in [0.15, 0.2) is 4.79 Å². The zero-order valence-electron chi connectivity index (χ0n) is 11.2. The molecule has 0 amide bonds. The van der Waals surface area contributed by atoms with Crippen LogP contribution in [0.5, 0.6) is 0 Å². The molecular formula is C13H17N3O2S. The number of ether oxygens (including phenoxy) is 1. The molecular weight excluding hydrogens is 262 g/mol. The minimum atomic E-state index is -0.0262. The second-order valence-corrected chi connectivity index (χ2v) is 5.91. The maximum atomic E-state index is 12.2. The van der Waals surface area contributed by atoms with E-state index in [4.69, 9.17) is 4.74 Å². The van der Waals surface area contributed by atoms with Crippen molar-refractivity contribution in [3.05, 3.63) is 26.6 Å². The Hall–Kier alpha value is -1.24. The molecule has 0 aromatic carbocycles. The van der Waals surface area contributed by atoms with Gasteiger partial charge in [-0.2, -0.15) is 0 Å². The number of fused-ring (bicyclic) bond motifs is 3. The highest BCUT2D eigenvalue weighted by molar-refractivity contribution is 7.18. The predicted molar refractivity (Wildman–Crippen MR) is 75.6 cm³/mol. The van der Waals surface area contributed by atoms with Crippen LogP contribution in [0, 0.1) is 0 Å². The average Bonchev–Trinajstić information content (AvgIpc) is 2.73. The lowest BCUT2D eigenvalue weighted by Gasteiger charge is -2.21. The Kier molecular flexibility index (Phi) is 3.38. The smallest absolute Gasteiger partial charge is 0.260 e. The number of nitrogens with one attached hydrogen (secondary N) is 1. The van der Waals surface area contributed by atoms with E-state index in [9.17, 15) is 4.79 Å². The molecule has 1 N–H and O–H groups in total. The summed E-state index contributed by atoms with van der Waals surface area (Å²) in [5.74, 6) is 0.617. The average molecular weight is 279 g/mol. The van der Waals surface area contributed by atoms with Gasteiger partial charge in [0.1, 0.15) is 17.3 Å². The fraction of sp³-hybridized carbons (Fsp3) is 0.538. The van der Waals surface area contributed by atoms with E-state index in [1.807, 2.05) is 6.92 Å². The van der Waals surface area contributed by atoms with Gasteiger partial charge in [0.15, 0.2) is 0 Å². The molecule has 0 unspecified atom stereocenters. The van der Waals surface area contributed by atoms with Crippen LogP contribution in [0.3, 0.4) is 0 Å². The molecule has 1 aliphatic rings. The molecule has 0 saturated heterocycles. The summed E-state index contributed by atoms with van der Waals surface area (Å²) in [5, 5.41) is 0.786. The molecule has 2 aromatic heterocycles. The standard InChI is InChI=1S/C13H17N3O2S/c1-3-18-7-10-14-12(17)11-8-4-5-16(2)6-9(8)19-13(11)15-10/h3-7H2,1-2H3,(H,14,15,17). The highest BCUT2D eigenvalue weighted by atomic mass is 32.1. The van der Waals surface area contributed by atoms with Crippen molar-refractivity contribution in [3.8, 4) is 0 Å². The fourth-order valence-corrected chi connectivity index (χ4v) is 3.76. The van der Waals surface area contributed by atoms with Gasteiger partial charge >= 0.3 is 0 Å². The summed E-state index contributed by atoms with van der Waals surface area (Å²) in [4.78, 5) is 24.0.